The lowest BCUT2D eigenvalue weighted by atomic mass is 9.97. The van der Waals surface area contributed by atoms with E-state index in [2.05, 4.69) is 6.92 Å². The molecule has 1 aliphatic rings. The van der Waals surface area contributed by atoms with E-state index in [-0.39, 0.29) is 5.91 Å². The van der Waals surface area contributed by atoms with E-state index in [4.69, 9.17) is 0 Å². The first kappa shape index (κ1) is 17.0. The molecule has 3 nitrogen and oxygen atoms in total. The number of hydrogen-bond donors (Lipinski definition) is 1. The molecule has 0 bridgehead atoms. The standard InChI is InChI=1S/C19H29NO2/c1-4-12-20(14-16-8-9-16)18(21)17-7-5-6-15(13-17)10-11-19(2,3)22/h5-7,13,16,22H,4,8-12,14H2,1-3H3. The predicted octanol–water partition coefficient (Wildman–Crippen LogP) is 3.65. The summed E-state index contributed by atoms with van der Waals surface area (Å²) in [5, 5.41) is 9.85. The zero-order valence-electron chi connectivity index (χ0n) is 14.1. The second kappa shape index (κ2) is 7.28. The lowest BCUT2D eigenvalue weighted by Gasteiger charge is -2.22. The Kier molecular flexibility index (Phi) is 5.63. The molecule has 1 aromatic rings. The van der Waals surface area contributed by atoms with Crippen LogP contribution in [0.15, 0.2) is 24.3 Å². The van der Waals surface area contributed by atoms with E-state index >= 15 is 0 Å². The maximum atomic E-state index is 12.7. The van der Waals surface area contributed by atoms with E-state index in [0.717, 1.165) is 37.1 Å². The number of amides is 1. The highest BCUT2D eigenvalue weighted by molar-refractivity contribution is 5.94. The van der Waals surface area contributed by atoms with Crippen LogP contribution in [-0.2, 0) is 6.42 Å². The molecule has 1 saturated carbocycles. The summed E-state index contributed by atoms with van der Waals surface area (Å²) >= 11 is 0. The Hall–Kier alpha value is -1.35. The third-order valence-electron chi connectivity index (χ3n) is 4.16. The van der Waals surface area contributed by atoms with Crippen LogP contribution in [0.25, 0.3) is 0 Å². The Morgan fingerprint density at radius 3 is 2.68 bits per heavy atom. The molecule has 1 N–H and O–H groups in total. The Morgan fingerprint density at radius 2 is 2.09 bits per heavy atom. The fourth-order valence-corrected chi connectivity index (χ4v) is 2.65. The van der Waals surface area contributed by atoms with Crippen molar-refractivity contribution in [2.75, 3.05) is 13.1 Å². The zero-order valence-corrected chi connectivity index (χ0v) is 14.1. The number of hydrogen-bond acceptors (Lipinski definition) is 2. The van der Waals surface area contributed by atoms with E-state index in [9.17, 15) is 9.90 Å². The van der Waals surface area contributed by atoms with Crippen LogP contribution in [-0.4, -0.2) is 34.6 Å². The molecule has 1 fully saturated rings. The van der Waals surface area contributed by atoms with Gasteiger partial charge in [-0.1, -0.05) is 19.1 Å². The quantitative estimate of drug-likeness (QED) is 0.796. The van der Waals surface area contributed by atoms with Crippen LogP contribution in [0.5, 0.6) is 0 Å². The summed E-state index contributed by atoms with van der Waals surface area (Å²) in [5.41, 5.74) is 1.23. The third-order valence-corrected chi connectivity index (χ3v) is 4.16. The zero-order chi connectivity index (χ0) is 16.2. The first-order chi connectivity index (χ1) is 10.4. The number of rotatable bonds is 8. The van der Waals surface area contributed by atoms with Crippen molar-refractivity contribution in [1.82, 2.24) is 4.90 Å². The Morgan fingerprint density at radius 1 is 1.36 bits per heavy atom. The van der Waals surface area contributed by atoms with Gasteiger partial charge in [-0.3, -0.25) is 4.79 Å². The van der Waals surface area contributed by atoms with Crippen molar-refractivity contribution in [3.05, 3.63) is 35.4 Å². The van der Waals surface area contributed by atoms with Crippen LogP contribution in [0.2, 0.25) is 0 Å². The summed E-state index contributed by atoms with van der Waals surface area (Å²) in [6, 6.07) is 7.89. The first-order valence-electron chi connectivity index (χ1n) is 8.49. The van der Waals surface area contributed by atoms with Gasteiger partial charge in [-0.25, -0.2) is 0 Å². The summed E-state index contributed by atoms with van der Waals surface area (Å²) in [6.07, 6.45) is 5.02. The van der Waals surface area contributed by atoms with Crippen LogP contribution in [0.3, 0.4) is 0 Å². The minimum absolute atomic E-state index is 0.152. The molecule has 0 saturated heterocycles. The van der Waals surface area contributed by atoms with Gasteiger partial charge in [-0.2, -0.15) is 0 Å². The molecule has 122 valence electrons. The van der Waals surface area contributed by atoms with Gasteiger partial charge in [0.05, 0.1) is 5.60 Å². The Balaban J connectivity index is 2.04. The highest BCUT2D eigenvalue weighted by Gasteiger charge is 2.26. The number of carbonyl (C=O) groups is 1. The summed E-state index contributed by atoms with van der Waals surface area (Å²) in [4.78, 5) is 14.7. The monoisotopic (exact) mass is 303 g/mol. The molecule has 0 aliphatic heterocycles. The van der Waals surface area contributed by atoms with Gasteiger partial charge in [-0.05, 0) is 69.6 Å². The Labute approximate surface area is 134 Å². The second-order valence-corrected chi connectivity index (χ2v) is 7.21. The van der Waals surface area contributed by atoms with Gasteiger partial charge < -0.3 is 10.0 Å². The average molecular weight is 303 g/mol. The lowest BCUT2D eigenvalue weighted by molar-refractivity contribution is 0.0714. The second-order valence-electron chi connectivity index (χ2n) is 7.21. The van der Waals surface area contributed by atoms with Gasteiger partial charge in [0.15, 0.2) is 0 Å². The first-order valence-corrected chi connectivity index (χ1v) is 8.49. The van der Waals surface area contributed by atoms with Crippen molar-refractivity contribution < 1.29 is 9.90 Å². The van der Waals surface area contributed by atoms with Crippen molar-refractivity contribution >= 4 is 5.91 Å². The molecule has 1 amide bonds. The van der Waals surface area contributed by atoms with Gasteiger partial charge in [0.2, 0.25) is 0 Å². The van der Waals surface area contributed by atoms with Crippen LogP contribution in [0.4, 0.5) is 0 Å². The number of aryl methyl sites for hydroxylation is 1. The molecule has 0 heterocycles. The maximum Gasteiger partial charge on any atom is 0.253 e. The van der Waals surface area contributed by atoms with E-state index in [0.29, 0.717) is 12.3 Å². The molecule has 0 unspecified atom stereocenters. The van der Waals surface area contributed by atoms with Gasteiger partial charge >= 0.3 is 0 Å². The summed E-state index contributed by atoms with van der Waals surface area (Å²) in [7, 11) is 0. The van der Waals surface area contributed by atoms with Crippen molar-refractivity contribution in [3.8, 4) is 0 Å². The van der Waals surface area contributed by atoms with Gasteiger partial charge in [0.25, 0.3) is 5.91 Å². The Bertz CT molecular complexity index is 500. The summed E-state index contributed by atoms with van der Waals surface area (Å²) in [6.45, 7) is 7.50. The van der Waals surface area contributed by atoms with Crippen molar-refractivity contribution in [2.24, 2.45) is 5.92 Å². The molecule has 1 aromatic carbocycles. The van der Waals surface area contributed by atoms with Crippen LogP contribution < -0.4 is 0 Å². The minimum atomic E-state index is -0.666. The molecule has 3 heteroatoms. The molecule has 0 radical (unpaired) electrons. The topological polar surface area (TPSA) is 40.5 Å². The molecule has 0 aromatic heterocycles. The number of carbonyl (C=O) groups excluding carboxylic acids is 1. The normalized spacial score (nSPS) is 14.9. The highest BCUT2D eigenvalue weighted by atomic mass is 16.3. The molecule has 0 atom stereocenters. The van der Waals surface area contributed by atoms with Crippen LogP contribution >= 0.6 is 0 Å². The fourth-order valence-electron chi connectivity index (χ4n) is 2.65. The van der Waals surface area contributed by atoms with Gasteiger partial charge in [-0.15, -0.1) is 0 Å². The molecule has 22 heavy (non-hydrogen) atoms. The van der Waals surface area contributed by atoms with Crippen molar-refractivity contribution in [1.29, 1.82) is 0 Å². The average Bonchev–Trinajstić information content (AvgIpc) is 3.27. The summed E-state index contributed by atoms with van der Waals surface area (Å²) in [5.74, 6) is 0.868. The predicted molar refractivity (Wildman–Crippen MR) is 90.0 cm³/mol. The molecular formula is C19H29NO2. The lowest BCUT2D eigenvalue weighted by Crippen LogP contribution is -2.33. The van der Waals surface area contributed by atoms with Crippen molar-refractivity contribution in [2.45, 2.75) is 58.5 Å². The number of benzene rings is 1. The molecule has 0 spiro atoms. The smallest absolute Gasteiger partial charge is 0.253 e. The molecule has 2 rings (SSSR count). The van der Waals surface area contributed by atoms with Gasteiger partial charge in [0.1, 0.15) is 0 Å². The number of aliphatic hydroxyl groups is 1. The molecular weight excluding hydrogens is 274 g/mol. The van der Waals surface area contributed by atoms with Crippen molar-refractivity contribution in [3.63, 3.8) is 0 Å². The van der Waals surface area contributed by atoms with E-state index in [1.165, 1.54) is 12.8 Å². The van der Waals surface area contributed by atoms with E-state index in [1.807, 2.05) is 43.0 Å². The fraction of sp³-hybridized carbons (Fsp3) is 0.632. The van der Waals surface area contributed by atoms with Crippen LogP contribution in [0.1, 0.15) is 62.4 Å². The van der Waals surface area contributed by atoms with E-state index < -0.39 is 5.60 Å². The SMILES string of the molecule is CCCN(CC1CC1)C(=O)c1cccc(CCC(C)(C)O)c1. The molecule has 1 aliphatic carbocycles. The third kappa shape index (κ3) is 5.45. The largest absolute Gasteiger partial charge is 0.390 e. The van der Waals surface area contributed by atoms with Crippen LogP contribution in [0, 0.1) is 5.92 Å². The van der Waals surface area contributed by atoms with E-state index in [1.54, 1.807) is 0 Å². The highest BCUT2D eigenvalue weighted by Crippen LogP contribution is 2.30. The summed E-state index contributed by atoms with van der Waals surface area (Å²) < 4.78 is 0. The van der Waals surface area contributed by atoms with Gasteiger partial charge in [0, 0.05) is 18.7 Å². The number of nitrogens with zero attached hydrogens (tertiary/aromatic N) is 1. The minimum Gasteiger partial charge on any atom is -0.390 e. The maximum absolute atomic E-state index is 12.7.